The number of carbonyl (C=O) groups is 2. The maximum Gasteiger partial charge on any atom is 0.310 e. The molecule has 0 bridgehead atoms. The SMILES string of the molecule is O=C(Nc1cccc(COc2ccc(-c3ccc(F)cc3F)cc2)c1)C1CCCC1C(=O)OCc1ccccc1. The molecule has 0 aliphatic heterocycles. The molecule has 2 atom stereocenters. The summed E-state index contributed by atoms with van der Waals surface area (Å²) in [7, 11) is 0. The van der Waals surface area contributed by atoms with Gasteiger partial charge in [0.25, 0.3) is 0 Å². The third kappa shape index (κ3) is 6.72. The van der Waals surface area contributed by atoms with Crippen LogP contribution in [0.25, 0.3) is 11.1 Å². The molecule has 4 aromatic rings. The van der Waals surface area contributed by atoms with E-state index in [-0.39, 0.29) is 25.1 Å². The summed E-state index contributed by atoms with van der Waals surface area (Å²) < 4.78 is 38.6. The molecule has 204 valence electrons. The summed E-state index contributed by atoms with van der Waals surface area (Å²) in [6, 6.07) is 27.2. The summed E-state index contributed by atoms with van der Waals surface area (Å²) in [6.07, 6.45) is 2.06. The van der Waals surface area contributed by atoms with Crippen molar-refractivity contribution in [2.45, 2.75) is 32.5 Å². The van der Waals surface area contributed by atoms with E-state index in [4.69, 9.17) is 9.47 Å². The van der Waals surface area contributed by atoms with Crippen molar-refractivity contribution < 1.29 is 27.8 Å². The Labute approximate surface area is 231 Å². The molecule has 0 heterocycles. The fraction of sp³-hybridized carbons (Fsp3) is 0.212. The van der Waals surface area contributed by atoms with Crippen LogP contribution in [0.15, 0.2) is 97.1 Å². The highest BCUT2D eigenvalue weighted by molar-refractivity contribution is 5.95. The van der Waals surface area contributed by atoms with Crippen LogP contribution in [0.5, 0.6) is 5.75 Å². The van der Waals surface area contributed by atoms with Crippen molar-refractivity contribution in [1.29, 1.82) is 0 Å². The predicted molar refractivity (Wildman–Crippen MR) is 148 cm³/mol. The minimum atomic E-state index is -0.625. The lowest BCUT2D eigenvalue weighted by atomic mass is 9.95. The van der Waals surface area contributed by atoms with Crippen molar-refractivity contribution in [2.24, 2.45) is 11.8 Å². The van der Waals surface area contributed by atoms with Crippen molar-refractivity contribution >= 4 is 17.6 Å². The molecule has 1 aliphatic rings. The lowest BCUT2D eigenvalue weighted by molar-refractivity contribution is -0.152. The Balaban J connectivity index is 1.15. The van der Waals surface area contributed by atoms with Gasteiger partial charge < -0.3 is 14.8 Å². The lowest BCUT2D eigenvalue weighted by Gasteiger charge is -2.18. The molecule has 1 N–H and O–H groups in total. The van der Waals surface area contributed by atoms with Crippen LogP contribution in [0, 0.1) is 23.5 Å². The molecule has 5 nitrogen and oxygen atoms in total. The number of hydrogen-bond acceptors (Lipinski definition) is 4. The third-order valence-corrected chi connectivity index (χ3v) is 7.08. The molecule has 0 saturated heterocycles. The van der Waals surface area contributed by atoms with Crippen LogP contribution < -0.4 is 10.1 Å². The number of benzene rings is 4. The van der Waals surface area contributed by atoms with E-state index in [1.807, 2.05) is 48.5 Å². The lowest BCUT2D eigenvalue weighted by Crippen LogP contribution is -2.31. The fourth-order valence-corrected chi connectivity index (χ4v) is 4.99. The van der Waals surface area contributed by atoms with E-state index < -0.39 is 23.5 Å². The number of nitrogens with one attached hydrogen (secondary N) is 1. The van der Waals surface area contributed by atoms with Crippen LogP contribution in [0.3, 0.4) is 0 Å². The number of halogens is 2. The quantitative estimate of drug-likeness (QED) is 0.226. The summed E-state index contributed by atoms with van der Waals surface area (Å²) >= 11 is 0. The maximum atomic E-state index is 14.1. The second-order valence-corrected chi connectivity index (χ2v) is 9.86. The van der Waals surface area contributed by atoms with E-state index in [1.54, 1.807) is 30.3 Å². The number of rotatable bonds is 9. The maximum absolute atomic E-state index is 14.1. The summed E-state index contributed by atoms with van der Waals surface area (Å²) in [5.41, 5.74) is 3.30. The van der Waals surface area contributed by atoms with Crippen molar-refractivity contribution in [1.82, 2.24) is 0 Å². The van der Waals surface area contributed by atoms with Crippen LogP contribution in [0.1, 0.15) is 30.4 Å². The number of anilines is 1. The van der Waals surface area contributed by atoms with Gasteiger partial charge in [-0.3, -0.25) is 9.59 Å². The summed E-state index contributed by atoms with van der Waals surface area (Å²) in [5, 5.41) is 2.95. The molecular formula is C33H29F2NO4. The van der Waals surface area contributed by atoms with Gasteiger partial charge in [-0.2, -0.15) is 0 Å². The van der Waals surface area contributed by atoms with Crippen LogP contribution >= 0.6 is 0 Å². The van der Waals surface area contributed by atoms with Gasteiger partial charge in [-0.25, -0.2) is 8.78 Å². The molecule has 0 radical (unpaired) electrons. The predicted octanol–water partition coefficient (Wildman–Crippen LogP) is 7.31. The largest absolute Gasteiger partial charge is 0.489 e. The molecule has 7 heteroatoms. The van der Waals surface area contributed by atoms with E-state index in [1.165, 1.54) is 12.1 Å². The third-order valence-electron chi connectivity index (χ3n) is 7.08. The normalized spacial score (nSPS) is 16.4. The van der Waals surface area contributed by atoms with Crippen molar-refractivity contribution in [3.63, 3.8) is 0 Å². The number of carbonyl (C=O) groups excluding carboxylic acids is 2. The first-order valence-electron chi connectivity index (χ1n) is 13.2. The van der Waals surface area contributed by atoms with Gasteiger partial charge in [0.2, 0.25) is 5.91 Å². The second-order valence-electron chi connectivity index (χ2n) is 9.86. The minimum Gasteiger partial charge on any atom is -0.489 e. The molecule has 0 spiro atoms. The van der Waals surface area contributed by atoms with Gasteiger partial charge in [0.1, 0.15) is 30.6 Å². The first-order valence-corrected chi connectivity index (χ1v) is 13.2. The molecule has 0 aromatic heterocycles. The van der Waals surface area contributed by atoms with Crippen LogP contribution in [-0.4, -0.2) is 11.9 Å². The van der Waals surface area contributed by atoms with Gasteiger partial charge in [0.05, 0.1) is 11.8 Å². The van der Waals surface area contributed by atoms with E-state index in [9.17, 15) is 18.4 Å². The zero-order valence-electron chi connectivity index (χ0n) is 21.8. The average Bonchev–Trinajstić information content (AvgIpc) is 3.47. The minimum absolute atomic E-state index is 0.193. The Kier molecular flexibility index (Phi) is 8.50. The molecular weight excluding hydrogens is 512 g/mol. The molecule has 1 aliphatic carbocycles. The monoisotopic (exact) mass is 541 g/mol. The first-order chi connectivity index (χ1) is 19.5. The average molecular weight is 542 g/mol. The molecule has 5 rings (SSSR count). The van der Waals surface area contributed by atoms with Gasteiger partial charge in [0.15, 0.2) is 0 Å². The standard InChI is InChI=1S/C33H29F2NO4/c34-25-14-17-28(31(35)19-25)24-12-15-27(16-13-24)39-21-23-8-4-9-26(18-23)36-32(37)29-10-5-11-30(29)33(38)40-20-22-6-2-1-3-7-22/h1-4,6-9,12-19,29-30H,5,10-11,20-21H2,(H,36,37). The number of amides is 1. The van der Waals surface area contributed by atoms with E-state index in [2.05, 4.69) is 5.32 Å². The highest BCUT2D eigenvalue weighted by Gasteiger charge is 2.38. The van der Waals surface area contributed by atoms with Crippen molar-refractivity contribution in [3.8, 4) is 16.9 Å². The molecule has 1 amide bonds. The van der Waals surface area contributed by atoms with E-state index in [0.29, 0.717) is 35.4 Å². The van der Waals surface area contributed by atoms with Gasteiger partial charge in [0, 0.05) is 17.3 Å². The Hall–Kier alpha value is -4.52. The summed E-state index contributed by atoms with van der Waals surface area (Å²) in [6.45, 7) is 0.449. The Bertz CT molecular complexity index is 1470. The van der Waals surface area contributed by atoms with E-state index in [0.717, 1.165) is 23.6 Å². The molecule has 4 aromatic carbocycles. The van der Waals surface area contributed by atoms with Crippen molar-refractivity contribution in [2.75, 3.05) is 5.32 Å². The van der Waals surface area contributed by atoms with Crippen molar-refractivity contribution in [3.05, 3.63) is 120 Å². The zero-order chi connectivity index (χ0) is 27.9. The molecule has 1 saturated carbocycles. The summed E-state index contributed by atoms with van der Waals surface area (Å²) in [5.74, 6) is -2.08. The van der Waals surface area contributed by atoms with E-state index >= 15 is 0 Å². The van der Waals surface area contributed by atoms with Crippen LogP contribution in [-0.2, 0) is 27.5 Å². The second kappa shape index (κ2) is 12.6. The molecule has 40 heavy (non-hydrogen) atoms. The van der Waals surface area contributed by atoms with Gasteiger partial charge in [-0.1, -0.05) is 61.0 Å². The number of ether oxygens (including phenoxy) is 2. The van der Waals surface area contributed by atoms with Crippen LogP contribution in [0.2, 0.25) is 0 Å². The topological polar surface area (TPSA) is 64.6 Å². The Morgan fingerprint density at radius 1 is 0.775 bits per heavy atom. The number of esters is 1. The highest BCUT2D eigenvalue weighted by atomic mass is 19.1. The zero-order valence-corrected chi connectivity index (χ0v) is 21.8. The van der Waals surface area contributed by atoms with Crippen LogP contribution in [0.4, 0.5) is 14.5 Å². The Morgan fingerprint density at radius 2 is 1.52 bits per heavy atom. The first kappa shape index (κ1) is 27.1. The van der Waals surface area contributed by atoms with Gasteiger partial charge in [-0.05, 0) is 65.9 Å². The van der Waals surface area contributed by atoms with Gasteiger partial charge in [-0.15, -0.1) is 0 Å². The fourth-order valence-electron chi connectivity index (χ4n) is 4.99. The summed E-state index contributed by atoms with van der Waals surface area (Å²) in [4.78, 5) is 25.8. The Morgan fingerprint density at radius 3 is 2.30 bits per heavy atom. The molecule has 2 unspecified atom stereocenters. The highest BCUT2D eigenvalue weighted by Crippen LogP contribution is 2.34. The smallest absolute Gasteiger partial charge is 0.310 e. The van der Waals surface area contributed by atoms with Gasteiger partial charge >= 0.3 is 5.97 Å². The molecule has 1 fully saturated rings. The number of hydrogen-bond donors (Lipinski definition) is 1.